The average molecular weight is 291 g/mol. The summed E-state index contributed by atoms with van der Waals surface area (Å²) < 4.78 is 5.29. The minimum atomic E-state index is -1.01. The molecular formula is C16H21NO4. The number of likely N-dealkylation sites (tertiary alicyclic amines) is 1. The summed E-state index contributed by atoms with van der Waals surface area (Å²) in [4.78, 5) is 25.0. The lowest BCUT2D eigenvalue weighted by atomic mass is 10.0. The van der Waals surface area contributed by atoms with Crippen LogP contribution < -0.4 is 4.74 Å². The standard InChI is InChI=1S/C16H21NO4/c1-10-7-13(16(20)17-6-4-5-12(17)3)8-11(2)15(10)21-9-14(18)19/h7-8,12H,4-6,9H2,1-3H3,(H,18,19). The number of carbonyl (C=O) groups excluding carboxylic acids is 1. The molecule has 1 N–H and O–H groups in total. The molecule has 0 bridgehead atoms. The Labute approximate surface area is 124 Å². The summed E-state index contributed by atoms with van der Waals surface area (Å²) in [5, 5.41) is 8.69. The van der Waals surface area contributed by atoms with E-state index in [2.05, 4.69) is 6.92 Å². The summed E-state index contributed by atoms with van der Waals surface area (Å²) in [5.74, 6) is -0.431. The van der Waals surface area contributed by atoms with Gasteiger partial charge in [0.15, 0.2) is 6.61 Å². The quantitative estimate of drug-likeness (QED) is 0.925. The zero-order valence-corrected chi connectivity index (χ0v) is 12.7. The fraction of sp³-hybridized carbons (Fsp3) is 0.500. The fourth-order valence-electron chi connectivity index (χ4n) is 2.84. The normalized spacial score (nSPS) is 17.9. The molecule has 2 rings (SSSR count). The van der Waals surface area contributed by atoms with E-state index in [1.165, 1.54) is 0 Å². The molecule has 1 heterocycles. The number of carbonyl (C=O) groups is 2. The average Bonchev–Trinajstić information content (AvgIpc) is 2.82. The van der Waals surface area contributed by atoms with Crippen LogP contribution in [-0.2, 0) is 4.79 Å². The van der Waals surface area contributed by atoms with E-state index in [0.29, 0.717) is 11.3 Å². The van der Waals surface area contributed by atoms with Gasteiger partial charge in [0.2, 0.25) is 0 Å². The summed E-state index contributed by atoms with van der Waals surface area (Å²) in [7, 11) is 0. The Morgan fingerprint density at radius 3 is 2.43 bits per heavy atom. The molecule has 1 saturated heterocycles. The lowest BCUT2D eigenvalue weighted by molar-refractivity contribution is -0.139. The lowest BCUT2D eigenvalue weighted by Gasteiger charge is -2.22. The highest BCUT2D eigenvalue weighted by atomic mass is 16.5. The number of amides is 1. The third kappa shape index (κ3) is 3.35. The molecule has 114 valence electrons. The van der Waals surface area contributed by atoms with Crippen molar-refractivity contribution in [2.24, 2.45) is 0 Å². The molecule has 1 atom stereocenters. The number of aryl methyl sites for hydroxylation is 2. The topological polar surface area (TPSA) is 66.8 Å². The van der Waals surface area contributed by atoms with E-state index in [1.807, 2.05) is 18.7 Å². The van der Waals surface area contributed by atoms with Gasteiger partial charge >= 0.3 is 5.97 Å². The van der Waals surface area contributed by atoms with Gasteiger partial charge in [-0.1, -0.05) is 0 Å². The van der Waals surface area contributed by atoms with Crippen LogP contribution in [0.15, 0.2) is 12.1 Å². The van der Waals surface area contributed by atoms with Gasteiger partial charge in [-0.15, -0.1) is 0 Å². The van der Waals surface area contributed by atoms with Crippen molar-refractivity contribution in [2.45, 2.75) is 39.7 Å². The molecule has 5 nitrogen and oxygen atoms in total. The Bertz CT molecular complexity index is 544. The number of benzene rings is 1. The molecule has 1 unspecified atom stereocenters. The molecular weight excluding hydrogens is 270 g/mol. The van der Waals surface area contributed by atoms with Gasteiger partial charge in [-0.25, -0.2) is 4.79 Å². The maximum atomic E-state index is 12.5. The molecule has 0 aliphatic carbocycles. The molecule has 1 fully saturated rings. The van der Waals surface area contributed by atoms with E-state index >= 15 is 0 Å². The van der Waals surface area contributed by atoms with Gasteiger partial charge in [-0.3, -0.25) is 4.79 Å². The second kappa shape index (κ2) is 6.16. The molecule has 0 radical (unpaired) electrons. The Hall–Kier alpha value is -2.04. The molecule has 1 amide bonds. The predicted octanol–water partition coefficient (Wildman–Crippen LogP) is 2.39. The van der Waals surface area contributed by atoms with Crippen LogP contribution in [0, 0.1) is 13.8 Å². The van der Waals surface area contributed by atoms with E-state index in [9.17, 15) is 9.59 Å². The summed E-state index contributed by atoms with van der Waals surface area (Å²) in [6, 6.07) is 3.83. The zero-order valence-electron chi connectivity index (χ0n) is 12.7. The Balaban J connectivity index is 2.22. The molecule has 0 saturated carbocycles. The Morgan fingerprint density at radius 2 is 1.95 bits per heavy atom. The van der Waals surface area contributed by atoms with Gasteiger partial charge in [0, 0.05) is 18.2 Å². The van der Waals surface area contributed by atoms with E-state index in [-0.39, 0.29) is 18.6 Å². The highest BCUT2D eigenvalue weighted by Crippen LogP contribution is 2.27. The third-order valence-electron chi connectivity index (χ3n) is 3.86. The fourth-order valence-corrected chi connectivity index (χ4v) is 2.84. The van der Waals surface area contributed by atoms with Crippen LogP contribution in [0.3, 0.4) is 0 Å². The van der Waals surface area contributed by atoms with Gasteiger partial charge in [0.1, 0.15) is 5.75 Å². The van der Waals surface area contributed by atoms with Crippen molar-refractivity contribution in [3.63, 3.8) is 0 Å². The molecule has 0 aromatic heterocycles. The van der Waals surface area contributed by atoms with Crippen LogP contribution in [0.2, 0.25) is 0 Å². The van der Waals surface area contributed by atoms with E-state index in [4.69, 9.17) is 9.84 Å². The van der Waals surface area contributed by atoms with Crippen molar-refractivity contribution in [3.8, 4) is 5.75 Å². The van der Waals surface area contributed by atoms with Crippen molar-refractivity contribution in [1.82, 2.24) is 4.90 Å². The number of hydrogen-bond donors (Lipinski definition) is 1. The van der Waals surface area contributed by atoms with Gasteiger partial charge in [-0.2, -0.15) is 0 Å². The lowest BCUT2D eigenvalue weighted by Crippen LogP contribution is -2.33. The molecule has 1 aromatic carbocycles. The second-order valence-corrected chi connectivity index (χ2v) is 5.61. The van der Waals surface area contributed by atoms with Crippen LogP contribution in [0.1, 0.15) is 41.3 Å². The molecule has 21 heavy (non-hydrogen) atoms. The number of ether oxygens (including phenoxy) is 1. The van der Waals surface area contributed by atoms with Crippen molar-refractivity contribution >= 4 is 11.9 Å². The van der Waals surface area contributed by atoms with Gasteiger partial charge in [0.25, 0.3) is 5.91 Å². The summed E-state index contributed by atoms with van der Waals surface area (Å²) in [5.41, 5.74) is 2.21. The Kier molecular flexibility index (Phi) is 4.50. The van der Waals surface area contributed by atoms with E-state index < -0.39 is 5.97 Å². The number of rotatable bonds is 4. The minimum absolute atomic E-state index is 0.0379. The van der Waals surface area contributed by atoms with Crippen LogP contribution >= 0.6 is 0 Å². The number of nitrogens with zero attached hydrogens (tertiary/aromatic N) is 1. The predicted molar refractivity (Wildman–Crippen MR) is 78.8 cm³/mol. The van der Waals surface area contributed by atoms with Crippen molar-refractivity contribution in [3.05, 3.63) is 28.8 Å². The first kappa shape index (κ1) is 15.4. The second-order valence-electron chi connectivity index (χ2n) is 5.61. The highest BCUT2D eigenvalue weighted by Gasteiger charge is 2.26. The smallest absolute Gasteiger partial charge is 0.341 e. The van der Waals surface area contributed by atoms with Gasteiger partial charge in [-0.05, 0) is 56.9 Å². The highest BCUT2D eigenvalue weighted by molar-refractivity contribution is 5.95. The molecule has 0 spiro atoms. The van der Waals surface area contributed by atoms with Crippen molar-refractivity contribution in [1.29, 1.82) is 0 Å². The molecule has 5 heteroatoms. The monoisotopic (exact) mass is 291 g/mol. The maximum Gasteiger partial charge on any atom is 0.341 e. The number of aliphatic carboxylic acids is 1. The number of carboxylic acid groups (broad SMARTS) is 1. The minimum Gasteiger partial charge on any atom is -0.481 e. The van der Waals surface area contributed by atoms with E-state index in [0.717, 1.165) is 30.5 Å². The molecule has 1 aromatic rings. The maximum absolute atomic E-state index is 12.5. The zero-order chi connectivity index (χ0) is 15.6. The first-order valence-electron chi connectivity index (χ1n) is 7.17. The van der Waals surface area contributed by atoms with Crippen LogP contribution in [0.4, 0.5) is 0 Å². The number of carboxylic acids is 1. The first-order chi connectivity index (χ1) is 9.90. The van der Waals surface area contributed by atoms with Gasteiger partial charge < -0.3 is 14.7 Å². The van der Waals surface area contributed by atoms with Crippen LogP contribution in [0.5, 0.6) is 5.75 Å². The third-order valence-corrected chi connectivity index (χ3v) is 3.86. The van der Waals surface area contributed by atoms with Crippen molar-refractivity contribution < 1.29 is 19.4 Å². The molecule has 1 aliphatic rings. The largest absolute Gasteiger partial charge is 0.481 e. The summed E-state index contributed by atoms with van der Waals surface area (Å²) in [6.45, 7) is 6.14. The summed E-state index contributed by atoms with van der Waals surface area (Å²) in [6.07, 6.45) is 2.09. The van der Waals surface area contributed by atoms with Gasteiger partial charge in [0.05, 0.1) is 0 Å². The van der Waals surface area contributed by atoms with E-state index in [1.54, 1.807) is 12.1 Å². The first-order valence-corrected chi connectivity index (χ1v) is 7.17. The summed E-state index contributed by atoms with van der Waals surface area (Å²) >= 11 is 0. The molecule has 1 aliphatic heterocycles. The van der Waals surface area contributed by atoms with Crippen molar-refractivity contribution in [2.75, 3.05) is 13.2 Å². The SMILES string of the molecule is Cc1cc(C(=O)N2CCCC2C)cc(C)c1OCC(=O)O. The van der Waals surface area contributed by atoms with Crippen LogP contribution in [0.25, 0.3) is 0 Å². The Morgan fingerprint density at radius 1 is 1.33 bits per heavy atom. The number of hydrogen-bond acceptors (Lipinski definition) is 3. The van der Waals surface area contributed by atoms with Crippen LogP contribution in [-0.4, -0.2) is 41.1 Å².